The maximum absolute atomic E-state index is 5.75. The van der Waals surface area contributed by atoms with Crippen molar-refractivity contribution in [2.75, 3.05) is 6.54 Å². The van der Waals surface area contributed by atoms with E-state index in [1.165, 1.54) is 11.1 Å². The van der Waals surface area contributed by atoms with E-state index in [-0.39, 0.29) is 0 Å². The molecule has 1 heterocycles. The van der Waals surface area contributed by atoms with Gasteiger partial charge in [0.25, 0.3) is 0 Å². The molecule has 2 rings (SSSR count). The van der Waals surface area contributed by atoms with Crippen molar-refractivity contribution in [3.63, 3.8) is 0 Å². The summed E-state index contributed by atoms with van der Waals surface area (Å²) in [5.41, 5.74) is 2.58. The molecular weight excluding hydrogens is 254 g/mol. The van der Waals surface area contributed by atoms with Gasteiger partial charge in [0.2, 0.25) is 0 Å². The molecule has 1 aromatic heterocycles. The van der Waals surface area contributed by atoms with E-state index in [0.29, 0.717) is 12.6 Å². The number of thiophene rings is 1. The molecular formula is C16H21NOS. The minimum Gasteiger partial charge on any atom is -0.489 e. The van der Waals surface area contributed by atoms with Crippen LogP contribution in [0.2, 0.25) is 0 Å². The monoisotopic (exact) mass is 275 g/mol. The first kappa shape index (κ1) is 14.1. The molecule has 0 radical (unpaired) electrons. The summed E-state index contributed by atoms with van der Waals surface area (Å²) in [5, 5.41) is 7.61. The maximum Gasteiger partial charge on any atom is 0.119 e. The molecule has 2 nitrogen and oxygen atoms in total. The van der Waals surface area contributed by atoms with E-state index >= 15 is 0 Å². The van der Waals surface area contributed by atoms with Gasteiger partial charge < -0.3 is 10.1 Å². The molecule has 0 fully saturated rings. The summed E-state index contributed by atoms with van der Waals surface area (Å²) in [5.74, 6) is 0.936. The summed E-state index contributed by atoms with van der Waals surface area (Å²) in [6.07, 6.45) is 1.05. The Bertz CT molecular complexity index is 464. The van der Waals surface area contributed by atoms with Crippen LogP contribution in [0.1, 0.15) is 25.0 Å². The van der Waals surface area contributed by atoms with E-state index in [2.05, 4.69) is 60.3 Å². The Hall–Kier alpha value is -1.32. The highest BCUT2D eigenvalue weighted by Gasteiger charge is 2.02. The van der Waals surface area contributed by atoms with E-state index in [1.54, 1.807) is 11.3 Å². The molecule has 0 aliphatic rings. The second-order valence-corrected chi connectivity index (χ2v) is 5.51. The van der Waals surface area contributed by atoms with Crippen molar-refractivity contribution in [2.24, 2.45) is 0 Å². The Labute approximate surface area is 119 Å². The fourth-order valence-electron chi connectivity index (χ4n) is 2.04. The molecule has 1 unspecified atom stereocenters. The smallest absolute Gasteiger partial charge is 0.119 e. The van der Waals surface area contributed by atoms with Crippen LogP contribution in [-0.4, -0.2) is 12.6 Å². The molecule has 0 amide bonds. The highest BCUT2D eigenvalue weighted by molar-refractivity contribution is 7.07. The van der Waals surface area contributed by atoms with Gasteiger partial charge in [-0.25, -0.2) is 0 Å². The Morgan fingerprint density at radius 1 is 1.16 bits per heavy atom. The topological polar surface area (TPSA) is 21.3 Å². The highest BCUT2D eigenvalue weighted by Crippen LogP contribution is 2.16. The van der Waals surface area contributed by atoms with Crippen LogP contribution in [0, 0.1) is 0 Å². The van der Waals surface area contributed by atoms with E-state index in [9.17, 15) is 0 Å². The van der Waals surface area contributed by atoms with Crippen molar-refractivity contribution in [2.45, 2.75) is 32.9 Å². The van der Waals surface area contributed by atoms with E-state index < -0.39 is 0 Å². The predicted molar refractivity (Wildman–Crippen MR) is 81.9 cm³/mol. The number of nitrogens with one attached hydrogen (secondary N) is 1. The highest BCUT2D eigenvalue weighted by atomic mass is 32.1. The van der Waals surface area contributed by atoms with Crippen LogP contribution in [0.3, 0.4) is 0 Å². The van der Waals surface area contributed by atoms with Gasteiger partial charge >= 0.3 is 0 Å². The summed E-state index contributed by atoms with van der Waals surface area (Å²) in [6.45, 7) is 6.02. The van der Waals surface area contributed by atoms with Gasteiger partial charge in [-0.1, -0.05) is 19.1 Å². The van der Waals surface area contributed by atoms with Crippen LogP contribution in [0.4, 0.5) is 0 Å². The van der Waals surface area contributed by atoms with Gasteiger partial charge in [-0.05, 0) is 60.0 Å². The van der Waals surface area contributed by atoms with Gasteiger partial charge in [0, 0.05) is 6.04 Å². The summed E-state index contributed by atoms with van der Waals surface area (Å²) >= 11 is 1.70. The minimum atomic E-state index is 0.516. The van der Waals surface area contributed by atoms with Crippen molar-refractivity contribution in [1.82, 2.24) is 5.32 Å². The maximum atomic E-state index is 5.75. The molecule has 0 bridgehead atoms. The lowest BCUT2D eigenvalue weighted by Gasteiger charge is -2.12. The van der Waals surface area contributed by atoms with Gasteiger partial charge in [-0.3, -0.25) is 0 Å². The number of hydrogen-bond acceptors (Lipinski definition) is 3. The molecule has 19 heavy (non-hydrogen) atoms. The number of hydrogen-bond donors (Lipinski definition) is 1. The largest absolute Gasteiger partial charge is 0.489 e. The third kappa shape index (κ3) is 4.69. The van der Waals surface area contributed by atoms with Crippen molar-refractivity contribution in [3.05, 3.63) is 52.2 Å². The van der Waals surface area contributed by atoms with Gasteiger partial charge in [0.15, 0.2) is 0 Å². The second kappa shape index (κ2) is 7.31. The molecule has 0 spiro atoms. The van der Waals surface area contributed by atoms with Crippen LogP contribution >= 0.6 is 11.3 Å². The number of ether oxygens (including phenoxy) is 1. The molecule has 1 atom stereocenters. The van der Waals surface area contributed by atoms with Crippen LogP contribution in [0.15, 0.2) is 41.1 Å². The molecule has 0 aliphatic carbocycles. The lowest BCUT2D eigenvalue weighted by Crippen LogP contribution is -2.27. The molecule has 3 heteroatoms. The molecule has 1 N–H and O–H groups in total. The van der Waals surface area contributed by atoms with Crippen LogP contribution in [-0.2, 0) is 13.0 Å². The first-order valence-corrected chi connectivity index (χ1v) is 7.68. The normalized spacial score (nSPS) is 12.3. The summed E-state index contributed by atoms with van der Waals surface area (Å²) in [7, 11) is 0. The minimum absolute atomic E-state index is 0.516. The number of benzene rings is 1. The molecule has 1 aromatic carbocycles. The van der Waals surface area contributed by atoms with Gasteiger partial charge in [-0.2, -0.15) is 11.3 Å². The van der Waals surface area contributed by atoms with Crippen molar-refractivity contribution in [3.8, 4) is 5.75 Å². The lowest BCUT2D eigenvalue weighted by molar-refractivity contribution is 0.306. The predicted octanol–water partition coefficient (Wildman–Crippen LogP) is 3.87. The standard InChI is InChI=1S/C16H21NOS/c1-3-17-13(2)10-14-4-6-16(7-5-14)18-11-15-8-9-19-12-15/h4-9,12-13,17H,3,10-11H2,1-2H3. The Balaban J connectivity index is 1.84. The average molecular weight is 275 g/mol. The zero-order valence-corrected chi connectivity index (χ0v) is 12.4. The third-order valence-electron chi connectivity index (χ3n) is 3.00. The quantitative estimate of drug-likeness (QED) is 0.828. The Morgan fingerprint density at radius 3 is 2.58 bits per heavy atom. The molecule has 0 saturated carbocycles. The average Bonchev–Trinajstić information content (AvgIpc) is 2.91. The van der Waals surface area contributed by atoms with Gasteiger partial charge in [0.1, 0.15) is 12.4 Å². The third-order valence-corrected chi connectivity index (χ3v) is 3.74. The fourth-order valence-corrected chi connectivity index (χ4v) is 2.69. The summed E-state index contributed by atoms with van der Waals surface area (Å²) in [4.78, 5) is 0. The van der Waals surface area contributed by atoms with Crippen LogP contribution < -0.4 is 10.1 Å². The van der Waals surface area contributed by atoms with E-state index in [1.807, 2.05) is 0 Å². The van der Waals surface area contributed by atoms with Gasteiger partial charge in [0.05, 0.1) is 0 Å². The SMILES string of the molecule is CCNC(C)Cc1ccc(OCc2ccsc2)cc1. The summed E-state index contributed by atoms with van der Waals surface area (Å²) in [6, 6.07) is 11.0. The molecule has 0 saturated heterocycles. The number of rotatable bonds is 7. The Kier molecular flexibility index (Phi) is 5.43. The molecule has 2 aromatic rings. The van der Waals surface area contributed by atoms with Crippen molar-refractivity contribution >= 4 is 11.3 Å². The van der Waals surface area contributed by atoms with Gasteiger partial charge in [-0.15, -0.1) is 0 Å². The zero-order chi connectivity index (χ0) is 13.5. The molecule has 0 aliphatic heterocycles. The first-order valence-electron chi connectivity index (χ1n) is 6.74. The number of likely N-dealkylation sites (N-methyl/N-ethyl adjacent to an activating group) is 1. The van der Waals surface area contributed by atoms with Crippen LogP contribution in [0.5, 0.6) is 5.75 Å². The lowest BCUT2D eigenvalue weighted by atomic mass is 10.1. The zero-order valence-electron chi connectivity index (χ0n) is 11.6. The van der Waals surface area contributed by atoms with Crippen molar-refractivity contribution in [1.29, 1.82) is 0 Å². The summed E-state index contributed by atoms with van der Waals surface area (Å²) < 4.78 is 5.75. The second-order valence-electron chi connectivity index (χ2n) is 4.73. The fraction of sp³-hybridized carbons (Fsp3) is 0.375. The van der Waals surface area contributed by atoms with E-state index in [0.717, 1.165) is 18.7 Å². The first-order chi connectivity index (χ1) is 9.28. The Morgan fingerprint density at radius 2 is 1.95 bits per heavy atom. The van der Waals surface area contributed by atoms with Crippen LogP contribution in [0.25, 0.3) is 0 Å². The van der Waals surface area contributed by atoms with E-state index in [4.69, 9.17) is 4.74 Å². The molecule has 102 valence electrons. The van der Waals surface area contributed by atoms with Crippen molar-refractivity contribution < 1.29 is 4.74 Å².